The first-order valence-electron chi connectivity index (χ1n) is 7.70. The third kappa shape index (κ3) is 5.68. The highest BCUT2D eigenvalue weighted by molar-refractivity contribution is 5.90. The van der Waals surface area contributed by atoms with E-state index in [4.69, 9.17) is 0 Å². The highest BCUT2D eigenvalue weighted by atomic mass is 16.2. The van der Waals surface area contributed by atoms with E-state index in [0.29, 0.717) is 24.0 Å². The quantitative estimate of drug-likeness (QED) is 0.757. The first-order valence-corrected chi connectivity index (χ1v) is 7.70. The van der Waals surface area contributed by atoms with Gasteiger partial charge in [0.1, 0.15) is 0 Å². The van der Waals surface area contributed by atoms with E-state index in [9.17, 15) is 9.59 Å². The van der Waals surface area contributed by atoms with E-state index >= 15 is 0 Å². The van der Waals surface area contributed by atoms with E-state index < -0.39 is 0 Å². The lowest BCUT2D eigenvalue weighted by molar-refractivity contribution is -0.117. The highest BCUT2D eigenvalue weighted by Gasteiger charge is 2.06. The van der Waals surface area contributed by atoms with E-state index in [2.05, 4.69) is 26.1 Å². The molecule has 2 rings (SSSR count). The van der Waals surface area contributed by atoms with Crippen LogP contribution in [0.25, 0.3) is 0 Å². The van der Waals surface area contributed by atoms with Gasteiger partial charge in [-0.15, -0.1) is 10.2 Å². The summed E-state index contributed by atoms with van der Waals surface area (Å²) in [6, 6.07) is 10.7. The molecule has 0 saturated carbocycles. The molecule has 0 aliphatic carbocycles. The molecule has 2 amide bonds. The summed E-state index contributed by atoms with van der Waals surface area (Å²) in [5.74, 6) is 1.08. The molecule has 0 saturated heterocycles. The molecule has 0 spiro atoms. The number of carbonyl (C=O) groups excluding carboxylic acids is 2. The summed E-state index contributed by atoms with van der Waals surface area (Å²) in [5, 5.41) is 16.5. The van der Waals surface area contributed by atoms with Crippen molar-refractivity contribution < 1.29 is 9.59 Å². The molecule has 0 atom stereocenters. The van der Waals surface area contributed by atoms with Gasteiger partial charge in [-0.3, -0.25) is 9.59 Å². The van der Waals surface area contributed by atoms with Gasteiger partial charge in [0, 0.05) is 24.7 Å². The molecular formula is C17H21N5O2. The van der Waals surface area contributed by atoms with Gasteiger partial charge in [-0.2, -0.15) is 0 Å². The van der Waals surface area contributed by atoms with Gasteiger partial charge in [0.25, 0.3) is 0 Å². The maximum atomic E-state index is 11.7. The molecular weight excluding hydrogens is 306 g/mol. The lowest BCUT2D eigenvalue weighted by Gasteiger charge is -2.08. The Morgan fingerprint density at radius 3 is 2.04 bits per heavy atom. The topological polar surface area (TPSA) is 96.0 Å². The predicted molar refractivity (Wildman–Crippen MR) is 94.1 cm³/mol. The molecule has 0 aliphatic heterocycles. The molecule has 1 heterocycles. The monoisotopic (exact) mass is 327 g/mol. The Bertz CT molecular complexity index is 696. The second-order valence-electron chi connectivity index (χ2n) is 5.83. The molecule has 0 unspecified atom stereocenters. The van der Waals surface area contributed by atoms with Crippen molar-refractivity contribution in [3.63, 3.8) is 0 Å². The minimum Gasteiger partial charge on any atom is -0.339 e. The number of nitrogens with one attached hydrogen (secondary N) is 3. The highest BCUT2D eigenvalue weighted by Crippen LogP contribution is 2.18. The van der Waals surface area contributed by atoms with Crippen LogP contribution in [0.4, 0.5) is 23.0 Å². The standard InChI is InChI=1S/C17H21N5O2/c1-11(2)10-17(24)20-16-9-8-15(21-22-16)19-14-6-4-13(5-7-14)18-12(3)23/h4-9,11H,10H2,1-3H3,(H,18,23)(H,19,21)(H,20,22,24). The van der Waals surface area contributed by atoms with Crippen LogP contribution in [0.3, 0.4) is 0 Å². The van der Waals surface area contributed by atoms with Gasteiger partial charge in [0.15, 0.2) is 11.6 Å². The smallest absolute Gasteiger partial charge is 0.225 e. The van der Waals surface area contributed by atoms with Crippen molar-refractivity contribution in [3.8, 4) is 0 Å². The van der Waals surface area contributed by atoms with Crippen molar-refractivity contribution >= 4 is 34.8 Å². The Balaban J connectivity index is 1.93. The van der Waals surface area contributed by atoms with Crippen molar-refractivity contribution in [1.29, 1.82) is 0 Å². The average Bonchev–Trinajstić information content (AvgIpc) is 2.50. The zero-order valence-corrected chi connectivity index (χ0v) is 14.0. The Kier molecular flexibility index (Phi) is 5.83. The van der Waals surface area contributed by atoms with Gasteiger partial charge in [-0.1, -0.05) is 13.8 Å². The van der Waals surface area contributed by atoms with Crippen molar-refractivity contribution in [2.45, 2.75) is 27.2 Å². The molecule has 126 valence electrons. The van der Waals surface area contributed by atoms with E-state index in [1.54, 1.807) is 24.3 Å². The van der Waals surface area contributed by atoms with Crippen LogP contribution in [0.1, 0.15) is 27.2 Å². The van der Waals surface area contributed by atoms with Crippen LogP contribution in [0, 0.1) is 5.92 Å². The number of aromatic nitrogens is 2. The molecule has 1 aromatic carbocycles. The largest absolute Gasteiger partial charge is 0.339 e. The van der Waals surface area contributed by atoms with Crippen LogP contribution in [0.5, 0.6) is 0 Å². The van der Waals surface area contributed by atoms with Crippen LogP contribution < -0.4 is 16.0 Å². The van der Waals surface area contributed by atoms with Gasteiger partial charge >= 0.3 is 0 Å². The Labute approximate surface area is 140 Å². The lowest BCUT2D eigenvalue weighted by atomic mass is 10.1. The maximum absolute atomic E-state index is 11.7. The summed E-state index contributed by atoms with van der Waals surface area (Å²) in [4.78, 5) is 22.7. The second kappa shape index (κ2) is 8.05. The number of nitrogens with zero attached hydrogens (tertiary/aromatic N) is 2. The maximum Gasteiger partial charge on any atom is 0.225 e. The fourth-order valence-corrected chi connectivity index (χ4v) is 2.02. The number of benzene rings is 1. The van der Waals surface area contributed by atoms with E-state index in [0.717, 1.165) is 11.4 Å². The molecule has 3 N–H and O–H groups in total. The van der Waals surface area contributed by atoms with E-state index in [1.807, 2.05) is 26.0 Å². The van der Waals surface area contributed by atoms with Gasteiger partial charge in [0.05, 0.1) is 0 Å². The Morgan fingerprint density at radius 1 is 0.917 bits per heavy atom. The number of amides is 2. The molecule has 0 radical (unpaired) electrons. The van der Waals surface area contributed by atoms with Crippen molar-refractivity contribution in [3.05, 3.63) is 36.4 Å². The minimum atomic E-state index is -0.114. The van der Waals surface area contributed by atoms with Gasteiger partial charge in [-0.25, -0.2) is 0 Å². The molecule has 0 fully saturated rings. The summed E-state index contributed by atoms with van der Waals surface area (Å²) in [5.41, 5.74) is 1.54. The SMILES string of the molecule is CC(=O)Nc1ccc(Nc2ccc(NC(=O)CC(C)C)nn2)cc1. The van der Waals surface area contributed by atoms with Crippen molar-refractivity contribution in [2.24, 2.45) is 5.92 Å². The first kappa shape index (κ1) is 17.4. The third-order valence-corrected chi connectivity index (χ3v) is 3.00. The first-order chi connectivity index (χ1) is 11.4. The molecule has 1 aromatic heterocycles. The van der Waals surface area contributed by atoms with Crippen molar-refractivity contribution in [2.75, 3.05) is 16.0 Å². The molecule has 2 aromatic rings. The number of carbonyl (C=O) groups is 2. The minimum absolute atomic E-state index is 0.0754. The average molecular weight is 327 g/mol. The molecule has 7 nitrogen and oxygen atoms in total. The van der Waals surface area contributed by atoms with Gasteiger partial charge < -0.3 is 16.0 Å². The fourth-order valence-electron chi connectivity index (χ4n) is 2.02. The van der Waals surface area contributed by atoms with Crippen LogP contribution in [-0.2, 0) is 9.59 Å². The number of hydrogen-bond donors (Lipinski definition) is 3. The fraction of sp³-hybridized carbons (Fsp3) is 0.294. The number of hydrogen-bond acceptors (Lipinski definition) is 5. The zero-order chi connectivity index (χ0) is 17.5. The van der Waals surface area contributed by atoms with Crippen LogP contribution in [0.15, 0.2) is 36.4 Å². The molecule has 7 heteroatoms. The third-order valence-electron chi connectivity index (χ3n) is 3.00. The normalized spacial score (nSPS) is 10.3. The lowest BCUT2D eigenvalue weighted by Crippen LogP contribution is -2.15. The summed E-state index contributed by atoms with van der Waals surface area (Å²) < 4.78 is 0. The molecule has 0 bridgehead atoms. The van der Waals surface area contributed by atoms with Crippen molar-refractivity contribution in [1.82, 2.24) is 10.2 Å². The van der Waals surface area contributed by atoms with E-state index in [-0.39, 0.29) is 11.8 Å². The van der Waals surface area contributed by atoms with E-state index in [1.165, 1.54) is 6.92 Å². The van der Waals surface area contributed by atoms with Gasteiger partial charge in [-0.05, 0) is 42.3 Å². The second-order valence-corrected chi connectivity index (χ2v) is 5.83. The Morgan fingerprint density at radius 2 is 1.50 bits per heavy atom. The summed E-state index contributed by atoms with van der Waals surface area (Å²) >= 11 is 0. The Hall–Kier alpha value is -2.96. The van der Waals surface area contributed by atoms with Crippen LogP contribution >= 0.6 is 0 Å². The predicted octanol–water partition coefficient (Wildman–Crippen LogP) is 3.16. The summed E-state index contributed by atoms with van der Waals surface area (Å²) in [6.07, 6.45) is 0.447. The van der Waals surface area contributed by atoms with Gasteiger partial charge in [0.2, 0.25) is 11.8 Å². The number of anilines is 4. The summed E-state index contributed by atoms with van der Waals surface area (Å²) in [7, 11) is 0. The molecule has 0 aliphatic rings. The molecule has 24 heavy (non-hydrogen) atoms. The zero-order valence-electron chi connectivity index (χ0n) is 14.0. The number of rotatable bonds is 6. The summed E-state index contributed by atoms with van der Waals surface area (Å²) in [6.45, 7) is 5.42. The van der Waals surface area contributed by atoms with Crippen LogP contribution in [0.2, 0.25) is 0 Å². The van der Waals surface area contributed by atoms with Crippen LogP contribution in [-0.4, -0.2) is 22.0 Å².